The number of carbonyl (C=O) groups is 1. The Morgan fingerprint density at radius 3 is 2.29 bits per heavy atom. The van der Waals surface area contributed by atoms with E-state index < -0.39 is 14.8 Å². The summed E-state index contributed by atoms with van der Waals surface area (Å²) in [4.78, 5) is 12.5. The second-order valence-corrected chi connectivity index (χ2v) is 11.1. The van der Waals surface area contributed by atoms with Crippen molar-refractivity contribution >= 4 is 26.7 Å². The van der Waals surface area contributed by atoms with E-state index in [1.165, 1.54) is 10.8 Å². The fourth-order valence-corrected chi connectivity index (χ4v) is 4.58. The van der Waals surface area contributed by atoms with E-state index >= 15 is 0 Å². The van der Waals surface area contributed by atoms with Gasteiger partial charge in [-0.1, -0.05) is 36.4 Å². The predicted molar refractivity (Wildman–Crippen MR) is 113 cm³/mol. The van der Waals surface area contributed by atoms with Crippen molar-refractivity contribution in [1.29, 1.82) is 0 Å². The maximum Gasteiger partial charge on any atom is 0.223 e. The van der Waals surface area contributed by atoms with Crippen molar-refractivity contribution in [3.05, 3.63) is 48.0 Å². The van der Waals surface area contributed by atoms with Gasteiger partial charge in [0.15, 0.2) is 0 Å². The number of fused-ring (bicyclic) bond motifs is 1. The maximum absolute atomic E-state index is 12.5. The van der Waals surface area contributed by atoms with Crippen LogP contribution in [-0.2, 0) is 21.4 Å². The summed E-state index contributed by atoms with van der Waals surface area (Å²) in [6.45, 7) is 5.60. The van der Waals surface area contributed by atoms with E-state index in [1.807, 2.05) is 18.2 Å². The number of amides is 1. The second-order valence-electron chi connectivity index (χ2n) is 8.68. The van der Waals surface area contributed by atoms with Crippen LogP contribution in [0.5, 0.6) is 0 Å². The van der Waals surface area contributed by atoms with Crippen LogP contribution >= 0.6 is 0 Å². The SMILES string of the molecule is CC(C)(C)S(=O)(=O)NC1CCC(C(=O)NCc2ccc3ccccc3c2)CC1. The molecule has 0 aromatic heterocycles. The summed E-state index contributed by atoms with van der Waals surface area (Å²) < 4.78 is 26.6. The van der Waals surface area contributed by atoms with Crippen LogP contribution in [0, 0.1) is 5.92 Å². The number of sulfonamides is 1. The molecule has 0 unspecified atom stereocenters. The van der Waals surface area contributed by atoms with Gasteiger partial charge in [-0.25, -0.2) is 13.1 Å². The van der Waals surface area contributed by atoms with Crippen molar-refractivity contribution in [1.82, 2.24) is 10.0 Å². The Labute approximate surface area is 168 Å². The number of rotatable bonds is 5. The summed E-state index contributed by atoms with van der Waals surface area (Å²) in [5, 5.41) is 5.40. The number of hydrogen-bond acceptors (Lipinski definition) is 3. The smallest absolute Gasteiger partial charge is 0.223 e. The monoisotopic (exact) mass is 402 g/mol. The molecule has 1 aliphatic rings. The van der Waals surface area contributed by atoms with Crippen molar-refractivity contribution in [3.8, 4) is 0 Å². The minimum atomic E-state index is -3.35. The van der Waals surface area contributed by atoms with Gasteiger partial charge in [-0.2, -0.15) is 0 Å². The molecule has 152 valence electrons. The van der Waals surface area contributed by atoms with E-state index in [4.69, 9.17) is 0 Å². The van der Waals surface area contributed by atoms with Gasteiger partial charge in [0.25, 0.3) is 0 Å². The minimum absolute atomic E-state index is 0.0455. The van der Waals surface area contributed by atoms with E-state index in [-0.39, 0.29) is 17.9 Å². The first-order valence-corrected chi connectivity index (χ1v) is 11.4. The summed E-state index contributed by atoms with van der Waals surface area (Å²) in [7, 11) is -3.35. The summed E-state index contributed by atoms with van der Waals surface area (Å²) in [6.07, 6.45) is 2.81. The first-order chi connectivity index (χ1) is 13.2. The highest BCUT2D eigenvalue weighted by atomic mass is 32.2. The van der Waals surface area contributed by atoms with Crippen LogP contribution in [0.25, 0.3) is 10.8 Å². The highest BCUT2D eigenvalue weighted by Gasteiger charge is 2.33. The van der Waals surface area contributed by atoms with Gasteiger partial charge in [-0.15, -0.1) is 0 Å². The zero-order valence-corrected chi connectivity index (χ0v) is 17.7. The van der Waals surface area contributed by atoms with Crippen LogP contribution in [0.1, 0.15) is 52.0 Å². The molecule has 1 amide bonds. The number of benzene rings is 2. The molecule has 2 N–H and O–H groups in total. The Kier molecular flexibility index (Phi) is 6.10. The molecule has 0 radical (unpaired) electrons. The molecule has 1 fully saturated rings. The molecule has 0 spiro atoms. The molecular formula is C22H30N2O3S. The van der Waals surface area contributed by atoms with Crippen LogP contribution in [0.3, 0.4) is 0 Å². The van der Waals surface area contributed by atoms with Crippen LogP contribution in [0.2, 0.25) is 0 Å². The van der Waals surface area contributed by atoms with Gasteiger partial charge in [-0.3, -0.25) is 4.79 Å². The molecule has 0 heterocycles. The molecule has 6 heteroatoms. The normalized spacial score (nSPS) is 20.8. The molecule has 2 aromatic carbocycles. The van der Waals surface area contributed by atoms with E-state index in [0.29, 0.717) is 32.2 Å². The molecule has 5 nitrogen and oxygen atoms in total. The molecular weight excluding hydrogens is 372 g/mol. The Morgan fingerprint density at radius 2 is 1.64 bits per heavy atom. The maximum atomic E-state index is 12.5. The molecule has 3 rings (SSSR count). The summed E-state index contributed by atoms with van der Waals surface area (Å²) >= 11 is 0. The quantitative estimate of drug-likeness (QED) is 0.800. The van der Waals surface area contributed by atoms with Gasteiger partial charge in [0.2, 0.25) is 15.9 Å². The van der Waals surface area contributed by atoms with Gasteiger partial charge < -0.3 is 5.32 Å². The predicted octanol–water partition coefficient (Wildman–Crippen LogP) is 3.73. The third-order valence-corrected chi connectivity index (χ3v) is 7.76. The molecule has 0 atom stereocenters. The summed E-state index contributed by atoms with van der Waals surface area (Å²) in [5.74, 6) is 0.0149. The lowest BCUT2D eigenvalue weighted by Crippen LogP contribution is -2.46. The number of hydrogen-bond donors (Lipinski definition) is 2. The lowest BCUT2D eigenvalue weighted by molar-refractivity contribution is -0.126. The van der Waals surface area contributed by atoms with Gasteiger partial charge in [-0.05, 0) is 68.9 Å². The van der Waals surface area contributed by atoms with E-state index in [9.17, 15) is 13.2 Å². The van der Waals surface area contributed by atoms with E-state index in [2.05, 4.69) is 34.3 Å². The first-order valence-electron chi connectivity index (χ1n) is 9.93. The van der Waals surface area contributed by atoms with Crippen molar-refractivity contribution in [3.63, 3.8) is 0 Å². The zero-order valence-electron chi connectivity index (χ0n) is 16.9. The number of nitrogens with one attached hydrogen (secondary N) is 2. The van der Waals surface area contributed by atoms with Crippen LogP contribution in [0.15, 0.2) is 42.5 Å². The van der Waals surface area contributed by atoms with E-state index in [1.54, 1.807) is 20.8 Å². The van der Waals surface area contributed by atoms with Crippen LogP contribution in [0.4, 0.5) is 0 Å². The molecule has 1 aliphatic carbocycles. The number of carbonyl (C=O) groups excluding carboxylic acids is 1. The summed E-state index contributed by atoms with van der Waals surface area (Å²) in [5.41, 5.74) is 1.08. The van der Waals surface area contributed by atoms with Crippen molar-refractivity contribution in [2.45, 2.75) is 63.8 Å². The Bertz CT molecular complexity index is 940. The third-order valence-electron chi connectivity index (χ3n) is 5.51. The molecule has 0 bridgehead atoms. The molecule has 0 aliphatic heterocycles. The Balaban J connectivity index is 1.50. The fourth-order valence-electron chi connectivity index (χ4n) is 3.55. The van der Waals surface area contributed by atoms with Gasteiger partial charge in [0.1, 0.15) is 0 Å². The highest BCUT2D eigenvalue weighted by Crippen LogP contribution is 2.26. The van der Waals surface area contributed by atoms with Crippen molar-refractivity contribution in [2.75, 3.05) is 0 Å². The zero-order chi connectivity index (χ0) is 20.4. The van der Waals surface area contributed by atoms with E-state index in [0.717, 1.165) is 5.56 Å². The highest BCUT2D eigenvalue weighted by molar-refractivity contribution is 7.90. The molecule has 28 heavy (non-hydrogen) atoms. The Morgan fingerprint density at radius 1 is 1.00 bits per heavy atom. The van der Waals surface area contributed by atoms with Crippen molar-refractivity contribution in [2.24, 2.45) is 5.92 Å². The van der Waals surface area contributed by atoms with Crippen molar-refractivity contribution < 1.29 is 13.2 Å². The lowest BCUT2D eigenvalue weighted by atomic mass is 9.86. The van der Waals surface area contributed by atoms with Gasteiger partial charge in [0, 0.05) is 18.5 Å². The topological polar surface area (TPSA) is 75.3 Å². The average molecular weight is 403 g/mol. The fraction of sp³-hybridized carbons (Fsp3) is 0.500. The standard InChI is InChI=1S/C22H30N2O3S/c1-22(2,3)28(26,27)24-20-12-10-18(11-13-20)21(25)23-15-16-8-9-17-6-4-5-7-19(17)14-16/h4-9,14,18,20,24H,10-13,15H2,1-3H3,(H,23,25). The lowest BCUT2D eigenvalue weighted by Gasteiger charge is -2.30. The van der Waals surface area contributed by atoms with Gasteiger partial charge in [0.05, 0.1) is 4.75 Å². The minimum Gasteiger partial charge on any atom is -0.352 e. The van der Waals surface area contributed by atoms with Crippen LogP contribution < -0.4 is 10.0 Å². The largest absolute Gasteiger partial charge is 0.352 e. The third kappa shape index (κ3) is 4.92. The summed E-state index contributed by atoms with van der Waals surface area (Å²) in [6, 6.07) is 14.3. The van der Waals surface area contributed by atoms with Crippen LogP contribution in [-0.4, -0.2) is 25.1 Å². The second kappa shape index (κ2) is 8.21. The molecule has 1 saturated carbocycles. The molecule has 2 aromatic rings. The Hall–Kier alpha value is -1.92. The average Bonchev–Trinajstić information content (AvgIpc) is 2.65. The molecule has 0 saturated heterocycles. The van der Waals surface area contributed by atoms with Gasteiger partial charge >= 0.3 is 0 Å². The first kappa shape index (κ1) is 20.8.